The fourth-order valence-corrected chi connectivity index (χ4v) is 6.38. The molecule has 0 saturated carbocycles. The summed E-state index contributed by atoms with van der Waals surface area (Å²) in [5.41, 5.74) is -4.60. The summed E-state index contributed by atoms with van der Waals surface area (Å²) in [4.78, 5) is -0.274. The highest BCUT2D eigenvalue weighted by Gasteiger charge is 2.37. The van der Waals surface area contributed by atoms with E-state index >= 15 is 26.3 Å². The summed E-state index contributed by atoms with van der Waals surface area (Å²) in [6.07, 6.45) is 1.97. The van der Waals surface area contributed by atoms with Gasteiger partial charge in [0.2, 0.25) is 38.9 Å². The van der Waals surface area contributed by atoms with Crippen LogP contribution in [0.4, 0.5) is 35.1 Å². The minimum absolute atomic E-state index is 0.0343. The lowest BCUT2D eigenvalue weighted by atomic mass is 9.78. The van der Waals surface area contributed by atoms with Crippen LogP contribution in [0.5, 0.6) is 17.2 Å². The first-order valence-electron chi connectivity index (χ1n) is 15.5. The molecule has 0 heterocycles. The van der Waals surface area contributed by atoms with E-state index in [9.17, 15) is 17.2 Å². The Kier molecular flexibility index (Phi) is 10.8. The van der Waals surface area contributed by atoms with Crippen molar-refractivity contribution in [3.8, 4) is 28.4 Å². The van der Waals surface area contributed by atoms with Gasteiger partial charge in [-0.05, 0) is 80.0 Å². The number of hydrogen-bond donors (Lipinski definition) is 0. The van der Waals surface area contributed by atoms with Crippen LogP contribution in [-0.2, 0) is 15.3 Å². The highest BCUT2D eigenvalue weighted by atomic mass is 32.2. The molecule has 0 aromatic heterocycles. The quantitative estimate of drug-likeness (QED) is 0.108. The Morgan fingerprint density at radius 2 is 0.898 bits per heavy atom. The molecule has 0 aliphatic heterocycles. The van der Waals surface area contributed by atoms with Crippen molar-refractivity contribution in [1.82, 2.24) is 0 Å². The Balaban J connectivity index is 1.69. The van der Waals surface area contributed by atoms with Gasteiger partial charge in [-0.3, -0.25) is 0 Å². The second-order valence-corrected chi connectivity index (χ2v) is 14.0. The van der Waals surface area contributed by atoms with Crippen LogP contribution in [0.3, 0.4) is 0 Å². The van der Waals surface area contributed by atoms with Crippen molar-refractivity contribution in [3.63, 3.8) is 0 Å². The first-order valence-corrected chi connectivity index (χ1v) is 16.9. The summed E-state index contributed by atoms with van der Waals surface area (Å²) >= 11 is 0. The van der Waals surface area contributed by atoms with Crippen molar-refractivity contribution in [1.29, 1.82) is 0 Å². The summed E-state index contributed by atoms with van der Waals surface area (Å²) in [5.74, 6) is -22.2. The Morgan fingerprint density at radius 3 is 1.27 bits per heavy atom. The summed E-state index contributed by atoms with van der Waals surface area (Å²) in [6, 6.07) is 10.3. The minimum Gasteiger partial charge on any atom is -0.481 e. The van der Waals surface area contributed by atoms with E-state index in [0.29, 0.717) is 0 Å². The molecule has 4 rings (SSSR count). The second-order valence-electron chi connectivity index (χ2n) is 12.0. The number of halogens is 8. The van der Waals surface area contributed by atoms with Gasteiger partial charge in [0.05, 0.1) is 20.9 Å². The molecule has 4 aromatic carbocycles. The maximum atomic E-state index is 15.2. The number of rotatable bonds is 12. The lowest BCUT2D eigenvalue weighted by molar-refractivity contribution is 0.0681. The van der Waals surface area contributed by atoms with Crippen LogP contribution in [0.2, 0.25) is 0 Å². The lowest BCUT2D eigenvalue weighted by Crippen LogP contribution is -2.31. The summed E-state index contributed by atoms with van der Waals surface area (Å²) in [6.45, 7) is 10.7. The fourth-order valence-electron chi connectivity index (χ4n) is 5.12. The molecule has 0 unspecified atom stereocenters. The molecular formula is C36H34F8O4S. The first kappa shape index (κ1) is 37.7. The van der Waals surface area contributed by atoms with Gasteiger partial charge in [0.15, 0.2) is 29.0 Å². The maximum absolute atomic E-state index is 15.2. The molecule has 0 atom stereocenters. The Morgan fingerprint density at radius 1 is 0.531 bits per heavy atom. The third-order valence-corrected chi connectivity index (χ3v) is 11.1. The van der Waals surface area contributed by atoms with Gasteiger partial charge in [-0.2, -0.15) is 17.6 Å². The molecule has 0 N–H and O–H groups in total. The van der Waals surface area contributed by atoms with E-state index in [2.05, 4.69) is 6.92 Å². The first-order chi connectivity index (χ1) is 22.9. The molecule has 4 nitrogen and oxygen atoms in total. The zero-order chi connectivity index (χ0) is 36.6. The summed E-state index contributed by atoms with van der Waals surface area (Å²) in [7, 11) is -4.07. The Hall–Kier alpha value is -4.13. The fraction of sp³-hybridized carbons (Fsp3) is 0.333. The summed E-state index contributed by atoms with van der Waals surface area (Å²) in [5, 5.41) is 0. The standard InChI is InChI=1S/C36H34F8O4S/c1-7-35(5,8-2)19-11-15-21(16-12-19)49(45,46)22-17-13-20(14-18-22)47-33-29(41)25(37)23(26(38)30(33)42)24-27(39)31(43)34(32(44)28(24)40)48-36(6,9-3)10-4/h11-18H,7-10H2,1-6H3. The molecule has 0 radical (unpaired) electrons. The normalized spacial score (nSPS) is 12.4. The van der Waals surface area contributed by atoms with Crippen molar-refractivity contribution in [2.75, 3.05) is 0 Å². The van der Waals surface area contributed by atoms with E-state index in [1.165, 1.54) is 19.1 Å². The van der Waals surface area contributed by atoms with E-state index in [1.54, 1.807) is 26.0 Å². The topological polar surface area (TPSA) is 52.6 Å². The Bertz CT molecular complexity index is 1910. The number of ether oxygens (including phenoxy) is 2. The summed E-state index contributed by atoms with van der Waals surface area (Å²) < 4.78 is 157. The molecule has 0 aliphatic rings. The largest absolute Gasteiger partial charge is 0.481 e. The smallest absolute Gasteiger partial charge is 0.206 e. The van der Waals surface area contributed by atoms with Crippen molar-refractivity contribution in [3.05, 3.63) is 101 Å². The SMILES string of the molecule is CCC(C)(CC)Oc1c(F)c(F)c(-c2c(F)c(F)c(Oc3ccc(S(=O)(=O)c4ccc(C(C)(CC)CC)cc4)cc3)c(F)c2F)c(F)c1F. The van der Waals surface area contributed by atoms with Crippen molar-refractivity contribution in [2.45, 2.75) is 88.0 Å². The van der Waals surface area contributed by atoms with Gasteiger partial charge in [-0.15, -0.1) is 0 Å². The molecule has 0 spiro atoms. The third-order valence-electron chi connectivity index (χ3n) is 9.32. The molecule has 0 fully saturated rings. The third kappa shape index (κ3) is 6.73. The van der Waals surface area contributed by atoms with Gasteiger partial charge < -0.3 is 9.47 Å². The van der Waals surface area contributed by atoms with Gasteiger partial charge in [0.25, 0.3) is 0 Å². The lowest BCUT2D eigenvalue weighted by Gasteiger charge is -2.29. The van der Waals surface area contributed by atoms with Crippen LogP contribution in [0.15, 0.2) is 58.3 Å². The van der Waals surface area contributed by atoms with Crippen LogP contribution in [0.25, 0.3) is 11.1 Å². The van der Waals surface area contributed by atoms with E-state index in [-0.39, 0.29) is 28.0 Å². The zero-order valence-corrected chi connectivity index (χ0v) is 28.3. The average molecular weight is 715 g/mol. The molecular weight excluding hydrogens is 680 g/mol. The van der Waals surface area contributed by atoms with Crippen LogP contribution in [-0.4, -0.2) is 14.0 Å². The molecule has 0 aliphatic carbocycles. The molecule has 13 heteroatoms. The number of sulfone groups is 1. The van der Waals surface area contributed by atoms with Crippen LogP contribution in [0, 0.1) is 46.5 Å². The molecule has 4 aromatic rings. The van der Waals surface area contributed by atoms with E-state index in [0.717, 1.165) is 42.7 Å². The van der Waals surface area contributed by atoms with E-state index in [1.807, 2.05) is 13.8 Å². The minimum atomic E-state index is -4.07. The monoisotopic (exact) mass is 714 g/mol. The van der Waals surface area contributed by atoms with Crippen LogP contribution < -0.4 is 9.47 Å². The number of hydrogen-bond acceptors (Lipinski definition) is 4. The Labute approximate surface area is 279 Å². The van der Waals surface area contributed by atoms with Crippen molar-refractivity contribution < 1.29 is 53.0 Å². The zero-order valence-electron chi connectivity index (χ0n) is 27.5. The maximum Gasteiger partial charge on any atom is 0.206 e. The van der Waals surface area contributed by atoms with Crippen LogP contribution >= 0.6 is 0 Å². The predicted molar refractivity (Wildman–Crippen MR) is 168 cm³/mol. The number of benzene rings is 4. The molecule has 264 valence electrons. The van der Waals surface area contributed by atoms with E-state index in [4.69, 9.17) is 9.47 Å². The molecule has 0 bridgehead atoms. The molecule has 49 heavy (non-hydrogen) atoms. The van der Waals surface area contributed by atoms with Gasteiger partial charge in [-0.1, -0.05) is 46.8 Å². The van der Waals surface area contributed by atoms with E-state index < -0.39 is 90.4 Å². The average Bonchev–Trinajstić information content (AvgIpc) is 3.11. The van der Waals surface area contributed by atoms with Gasteiger partial charge in [-0.25, -0.2) is 26.0 Å². The highest BCUT2D eigenvalue weighted by molar-refractivity contribution is 7.91. The second kappa shape index (κ2) is 14.0. The predicted octanol–water partition coefficient (Wildman–Crippen LogP) is 11.1. The van der Waals surface area contributed by atoms with Gasteiger partial charge in [0.1, 0.15) is 11.4 Å². The van der Waals surface area contributed by atoms with Crippen molar-refractivity contribution in [2.24, 2.45) is 0 Å². The molecule has 0 amide bonds. The molecule has 0 saturated heterocycles. The van der Waals surface area contributed by atoms with Gasteiger partial charge in [0, 0.05) is 0 Å². The highest BCUT2D eigenvalue weighted by Crippen LogP contribution is 2.43. The van der Waals surface area contributed by atoms with Crippen LogP contribution in [0.1, 0.15) is 72.8 Å². The van der Waals surface area contributed by atoms with Crippen molar-refractivity contribution >= 4 is 9.84 Å². The van der Waals surface area contributed by atoms with Gasteiger partial charge >= 0.3 is 0 Å².